The Labute approximate surface area is 116 Å². The van der Waals surface area contributed by atoms with Crippen molar-refractivity contribution < 1.29 is 13.2 Å². The third kappa shape index (κ3) is 2.82. The van der Waals surface area contributed by atoms with Gasteiger partial charge in [0.25, 0.3) is 0 Å². The molecule has 0 fully saturated rings. The Hall–Kier alpha value is -1.74. The van der Waals surface area contributed by atoms with E-state index in [0.717, 1.165) is 5.56 Å². The number of aryl methyl sites for hydroxylation is 1. The largest absolute Gasteiger partial charge is 0.435 e. The molecule has 1 N–H and O–H groups in total. The van der Waals surface area contributed by atoms with Gasteiger partial charge in [-0.1, -0.05) is 18.1 Å². The van der Waals surface area contributed by atoms with Gasteiger partial charge < -0.3 is 0 Å². The Bertz CT molecular complexity index is 645. The highest BCUT2D eigenvalue weighted by atomic mass is 79.9. The van der Waals surface area contributed by atoms with Crippen LogP contribution in [0.4, 0.5) is 13.2 Å². The zero-order chi connectivity index (χ0) is 14.0. The molecule has 0 saturated heterocycles. The third-order valence-electron chi connectivity index (χ3n) is 2.58. The predicted molar refractivity (Wildman–Crippen MR) is 69.6 cm³/mol. The summed E-state index contributed by atoms with van der Waals surface area (Å²) in [5, 5.41) is 5.71. The number of aromatic amines is 1. The molecule has 2 nitrogen and oxygen atoms in total. The van der Waals surface area contributed by atoms with Gasteiger partial charge in [0.1, 0.15) is 0 Å². The zero-order valence-corrected chi connectivity index (χ0v) is 11.4. The van der Waals surface area contributed by atoms with Crippen LogP contribution in [0.15, 0.2) is 24.3 Å². The average Bonchev–Trinajstić information content (AvgIpc) is 2.72. The summed E-state index contributed by atoms with van der Waals surface area (Å²) in [5.41, 5.74) is 0.732. The number of nitrogens with one attached hydrogen (secondary N) is 1. The number of H-pyrrole nitrogens is 1. The van der Waals surface area contributed by atoms with Crippen molar-refractivity contribution in [3.63, 3.8) is 0 Å². The summed E-state index contributed by atoms with van der Waals surface area (Å²) >= 11 is 2.97. The van der Waals surface area contributed by atoms with Crippen LogP contribution in [0.3, 0.4) is 0 Å². The van der Waals surface area contributed by atoms with Gasteiger partial charge in [0, 0.05) is 32.8 Å². The summed E-state index contributed by atoms with van der Waals surface area (Å²) in [6.45, 7) is 1.56. The molecular weight excluding hydrogens is 321 g/mol. The molecule has 1 aromatic carbocycles. The highest BCUT2D eigenvalue weighted by Crippen LogP contribution is 2.37. The van der Waals surface area contributed by atoms with Crippen LogP contribution in [0.25, 0.3) is 11.1 Å². The summed E-state index contributed by atoms with van der Waals surface area (Å²) < 4.78 is 38.5. The summed E-state index contributed by atoms with van der Waals surface area (Å²) in [6.07, 6.45) is -4.48. The second-order valence-electron chi connectivity index (χ2n) is 3.87. The van der Waals surface area contributed by atoms with Crippen LogP contribution in [0.1, 0.15) is 17.0 Å². The fraction of sp³-hybridized carbons (Fsp3) is 0.154. The Kier molecular flexibility index (Phi) is 3.67. The first-order valence-electron chi connectivity index (χ1n) is 5.27. The zero-order valence-electron chi connectivity index (χ0n) is 9.77. The first-order valence-corrected chi connectivity index (χ1v) is 6.07. The second-order valence-corrected chi connectivity index (χ2v) is 4.26. The fourth-order valence-corrected chi connectivity index (χ4v) is 1.99. The van der Waals surface area contributed by atoms with Crippen LogP contribution >= 0.6 is 15.9 Å². The lowest BCUT2D eigenvalue weighted by Crippen LogP contribution is -2.07. The lowest BCUT2D eigenvalue weighted by molar-refractivity contribution is -0.140. The number of hydrogen-bond acceptors (Lipinski definition) is 1. The second kappa shape index (κ2) is 5.10. The van der Waals surface area contributed by atoms with Gasteiger partial charge in [-0.15, -0.1) is 0 Å². The molecule has 6 heteroatoms. The summed E-state index contributed by atoms with van der Waals surface area (Å²) in [5.74, 6) is 2.76. The third-order valence-corrected chi connectivity index (χ3v) is 2.78. The molecule has 2 rings (SSSR count). The van der Waals surface area contributed by atoms with E-state index in [2.05, 4.69) is 36.9 Å². The van der Waals surface area contributed by atoms with Crippen LogP contribution in [0.2, 0.25) is 0 Å². The fourth-order valence-electron chi connectivity index (χ4n) is 1.76. The van der Waals surface area contributed by atoms with Crippen LogP contribution in [0.5, 0.6) is 0 Å². The highest BCUT2D eigenvalue weighted by molar-refractivity contribution is 9.12. The van der Waals surface area contributed by atoms with Crippen molar-refractivity contribution in [2.24, 2.45) is 0 Å². The minimum Gasteiger partial charge on any atom is -0.282 e. The molecule has 0 saturated carbocycles. The molecule has 1 heterocycles. The first-order chi connectivity index (χ1) is 8.93. The Morgan fingerprint density at radius 1 is 1.21 bits per heavy atom. The molecular formula is C13H8BrF3N2. The SMILES string of the molecule is Cc1[nH]nc(C(F)(F)F)c1-c1ccc(C#CBr)cc1. The topological polar surface area (TPSA) is 28.7 Å². The van der Waals surface area contributed by atoms with Gasteiger partial charge in [0.05, 0.1) is 0 Å². The maximum Gasteiger partial charge on any atom is 0.435 e. The van der Waals surface area contributed by atoms with Crippen LogP contribution in [0, 0.1) is 17.7 Å². The summed E-state index contributed by atoms with van der Waals surface area (Å²) in [4.78, 5) is 2.55. The maximum absolute atomic E-state index is 12.8. The van der Waals surface area contributed by atoms with Gasteiger partial charge >= 0.3 is 6.18 Å². The molecule has 0 amide bonds. The minimum atomic E-state index is -4.48. The Balaban J connectivity index is 2.52. The number of aromatic nitrogens is 2. The number of hydrogen-bond donors (Lipinski definition) is 1. The van der Waals surface area contributed by atoms with Gasteiger partial charge in [0.15, 0.2) is 5.69 Å². The monoisotopic (exact) mass is 328 g/mol. The number of alkyl halides is 3. The van der Waals surface area contributed by atoms with E-state index >= 15 is 0 Å². The van der Waals surface area contributed by atoms with Gasteiger partial charge in [-0.2, -0.15) is 18.3 Å². The molecule has 0 radical (unpaired) electrons. The molecule has 0 bridgehead atoms. The quantitative estimate of drug-likeness (QED) is 0.784. The molecule has 0 spiro atoms. The molecule has 1 aromatic heterocycles. The van der Waals surface area contributed by atoms with E-state index < -0.39 is 11.9 Å². The van der Waals surface area contributed by atoms with Crippen molar-refractivity contribution >= 4 is 15.9 Å². The summed E-state index contributed by atoms with van der Waals surface area (Å²) in [6, 6.07) is 6.52. The van der Waals surface area contributed by atoms with Crippen LogP contribution in [-0.2, 0) is 6.18 Å². The van der Waals surface area contributed by atoms with E-state index in [1.807, 2.05) is 0 Å². The van der Waals surface area contributed by atoms with E-state index in [0.29, 0.717) is 11.3 Å². The number of benzene rings is 1. The average molecular weight is 329 g/mol. The van der Waals surface area contributed by atoms with E-state index in [-0.39, 0.29) is 5.56 Å². The molecule has 0 aliphatic heterocycles. The van der Waals surface area contributed by atoms with Crippen LogP contribution < -0.4 is 0 Å². The van der Waals surface area contributed by atoms with Gasteiger partial charge in [-0.3, -0.25) is 5.10 Å². The Morgan fingerprint density at radius 3 is 2.37 bits per heavy atom. The normalized spacial score (nSPS) is 11.0. The summed E-state index contributed by atoms with van der Waals surface area (Å²) in [7, 11) is 0. The van der Waals surface area contributed by atoms with Crippen molar-refractivity contribution in [3.05, 3.63) is 41.2 Å². The van der Waals surface area contributed by atoms with Crippen molar-refractivity contribution in [2.45, 2.75) is 13.1 Å². The number of rotatable bonds is 1. The molecule has 0 aliphatic carbocycles. The molecule has 98 valence electrons. The van der Waals surface area contributed by atoms with Gasteiger partial charge in [-0.25, -0.2) is 0 Å². The molecule has 2 aromatic rings. The Morgan fingerprint density at radius 2 is 1.84 bits per heavy atom. The van der Waals surface area contributed by atoms with E-state index in [9.17, 15) is 13.2 Å². The van der Waals surface area contributed by atoms with Gasteiger partial charge in [-0.05, 0) is 29.4 Å². The molecule has 0 aliphatic rings. The van der Waals surface area contributed by atoms with Crippen molar-refractivity contribution in [3.8, 4) is 21.9 Å². The van der Waals surface area contributed by atoms with E-state index in [1.54, 1.807) is 31.2 Å². The smallest absolute Gasteiger partial charge is 0.282 e. The molecule has 0 atom stereocenters. The van der Waals surface area contributed by atoms with Gasteiger partial charge in [0.2, 0.25) is 0 Å². The number of nitrogens with zero attached hydrogens (tertiary/aromatic N) is 1. The first kappa shape index (κ1) is 13.7. The highest BCUT2D eigenvalue weighted by Gasteiger charge is 2.37. The maximum atomic E-state index is 12.8. The van der Waals surface area contributed by atoms with E-state index in [4.69, 9.17) is 0 Å². The minimum absolute atomic E-state index is 0.0749. The standard InChI is InChI=1S/C13H8BrF3N2/c1-8-11(12(19-18-8)13(15,16)17)10-4-2-9(3-5-10)6-7-14/h2-5H,1H3,(H,18,19). The number of halogens is 4. The molecule has 0 unspecified atom stereocenters. The van der Waals surface area contributed by atoms with Crippen molar-refractivity contribution in [1.29, 1.82) is 0 Å². The molecule has 19 heavy (non-hydrogen) atoms. The van der Waals surface area contributed by atoms with Crippen molar-refractivity contribution in [1.82, 2.24) is 10.2 Å². The van der Waals surface area contributed by atoms with Crippen molar-refractivity contribution in [2.75, 3.05) is 0 Å². The lowest BCUT2D eigenvalue weighted by atomic mass is 10.0. The predicted octanol–water partition coefficient (Wildman–Crippen LogP) is 4.11. The van der Waals surface area contributed by atoms with Crippen LogP contribution in [-0.4, -0.2) is 10.2 Å². The lowest BCUT2D eigenvalue weighted by Gasteiger charge is -2.07. The van der Waals surface area contributed by atoms with E-state index in [1.165, 1.54) is 0 Å².